The summed E-state index contributed by atoms with van der Waals surface area (Å²) in [5.41, 5.74) is 0.979. The molecule has 1 saturated carbocycles. The molecule has 0 aliphatic heterocycles. The van der Waals surface area contributed by atoms with Gasteiger partial charge in [0.1, 0.15) is 0 Å². The van der Waals surface area contributed by atoms with Gasteiger partial charge in [0.15, 0.2) is 9.84 Å². The van der Waals surface area contributed by atoms with Crippen molar-refractivity contribution in [2.45, 2.75) is 43.7 Å². The van der Waals surface area contributed by atoms with Gasteiger partial charge in [-0.25, -0.2) is 8.42 Å². The van der Waals surface area contributed by atoms with Crippen LogP contribution in [0.25, 0.3) is 0 Å². The quantitative estimate of drug-likeness (QED) is 0.570. The first-order valence-electron chi connectivity index (χ1n) is 5.36. The standard InChI is InChI=1S/C11H19ClO2S/c1-8(2)7-15(13,14)10-5-4-9(3)11(12)6-10/h8,10-11H,3-7H2,1-2H3. The van der Waals surface area contributed by atoms with Crippen molar-refractivity contribution in [2.75, 3.05) is 5.75 Å². The van der Waals surface area contributed by atoms with Crippen LogP contribution in [0.3, 0.4) is 0 Å². The lowest BCUT2D eigenvalue weighted by Crippen LogP contribution is -2.32. The van der Waals surface area contributed by atoms with Crippen molar-refractivity contribution in [3.8, 4) is 0 Å². The lowest BCUT2D eigenvalue weighted by Gasteiger charge is -2.27. The number of hydrogen-bond acceptors (Lipinski definition) is 2. The van der Waals surface area contributed by atoms with Crippen molar-refractivity contribution in [1.29, 1.82) is 0 Å². The Morgan fingerprint density at radius 3 is 2.60 bits per heavy atom. The Labute approximate surface area is 97.6 Å². The maximum Gasteiger partial charge on any atom is 0.153 e. The van der Waals surface area contributed by atoms with Crippen LogP contribution in [-0.4, -0.2) is 24.8 Å². The smallest absolute Gasteiger partial charge is 0.153 e. The van der Waals surface area contributed by atoms with E-state index in [0.29, 0.717) is 12.8 Å². The van der Waals surface area contributed by atoms with Crippen molar-refractivity contribution in [3.63, 3.8) is 0 Å². The highest BCUT2D eigenvalue weighted by molar-refractivity contribution is 7.92. The molecule has 1 fully saturated rings. The zero-order valence-corrected chi connectivity index (χ0v) is 10.9. The van der Waals surface area contributed by atoms with Crippen molar-refractivity contribution in [2.24, 2.45) is 5.92 Å². The van der Waals surface area contributed by atoms with Crippen LogP contribution in [0, 0.1) is 5.92 Å². The van der Waals surface area contributed by atoms with Crippen LogP contribution in [0.1, 0.15) is 33.1 Å². The van der Waals surface area contributed by atoms with Gasteiger partial charge in [-0.05, 0) is 25.2 Å². The van der Waals surface area contributed by atoms with E-state index >= 15 is 0 Å². The van der Waals surface area contributed by atoms with Crippen LogP contribution in [0.5, 0.6) is 0 Å². The van der Waals surface area contributed by atoms with Crippen LogP contribution < -0.4 is 0 Å². The van der Waals surface area contributed by atoms with Crippen molar-refractivity contribution in [3.05, 3.63) is 12.2 Å². The normalized spacial score (nSPS) is 28.4. The first-order chi connectivity index (χ1) is 6.83. The molecule has 0 spiro atoms. The molecule has 1 aliphatic carbocycles. The molecule has 1 rings (SSSR count). The van der Waals surface area contributed by atoms with E-state index in [0.717, 1.165) is 12.0 Å². The average molecular weight is 251 g/mol. The van der Waals surface area contributed by atoms with E-state index in [1.54, 1.807) is 0 Å². The molecule has 0 N–H and O–H groups in total. The Balaban J connectivity index is 2.69. The lowest BCUT2D eigenvalue weighted by atomic mass is 9.95. The summed E-state index contributed by atoms with van der Waals surface area (Å²) in [7, 11) is -2.96. The van der Waals surface area contributed by atoms with E-state index in [1.807, 2.05) is 13.8 Å². The molecule has 0 heterocycles. The maximum atomic E-state index is 12.0. The predicted molar refractivity (Wildman–Crippen MR) is 65.0 cm³/mol. The minimum absolute atomic E-state index is 0.161. The number of allylic oxidation sites excluding steroid dienone is 1. The van der Waals surface area contributed by atoms with Crippen LogP contribution in [0.15, 0.2) is 12.2 Å². The van der Waals surface area contributed by atoms with Gasteiger partial charge in [0.2, 0.25) is 0 Å². The molecular formula is C11H19ClO2S. The van der Waals surface area contributed by atoms with Gasteiger partial charge >= 0.3 is 0 Å². The largest absolute Gasteiger partial charge is 0.229 e. The summed E-state index contributed by atoms with van der Waals surface area (Å²) < 4.78 is 23.9. The Bertz CT molecular complexity index is 332. The van der Waals surface area contributed by atoms with Gasteiger partial charge < -0.3 is 0 Å². The van der Waals surface area contributed by atoms with Crippen molar-refractivity contribution < 1.29 is 8.42 Å². The van der Waals surface area contributed by atoms with E-state index in [2.05, 4.69) is 6.58 Å². The molecule has 0 bridgehead atoms. The molecule has 2 unspecified atom stereocenters. The van der Waals surface area contributed by atoms with Gasteiger partial charge in [0, 0.05) is 0 Å². The molecule has 4 heteroatoms. The van der Waals surface area contributed by atoms with Crippen LogP contribution in [-0.2, 0) is 9.84 Å². The van der Waals surface area contributed by atoms with Gasteiger partial charge in [-0.1, -0.05) is 26.0 Å². The van der Waals surface area contributed by atoms with E-state index in [9.17, 15) is 8.42 Å². The molecule has 0 aromatic carbocycles. The van der Waals surface area contributed by atoms with E-state index in [-0.39, 0.29) is 22.3 Å². The fraction of sp³-hybridized carbons (Fsp3) is 0.818. The fourth-order valence-corrected chi connectivity index (χ4v) is 4.54. The molecule has 2 nitrogen and oxygen atoms in total. The number of halogens is 1. The monoisotopic (exact) mass is 250 g/mol. The van der Waals surface area contributed by atoms with Gasteiger partial charge in [0.25, 0.3) is 0 Å². The van der Waals surface area contributed by atoms with Gasteiger partial charge in [-0.3, -0.25) is 0 Å². The van der Waals surface area contributed by atoms with Gasteiger partial charge in [0.05, 0.1) is 16.4 Å². The SMILES string of the molecule is C=C1CCC(S(=O)(=O)CC(C)C)CC1Cl. The number of rotatable bonds is 3. The third-order valence-electron chi connectivity index (χ3n) is 2.77. The molecule has 0 aromatic heterocycles. The Morgan fingerprint density at radius 1 is 1.53 bits per heavy atom. The molecule has 2 atom stereocenters. The van der Waals surface area contributed by atoms with E-state index in [1.165, 1.54) is 0 Å². The minimum atomic E-state index is -2.96. The summed E-state index contributed by atoms with van der Waals surface area (Å²) in [6, 6.07) is 0. The summed E-state index contributed by atoms with van der Waals surface area (Å²) >= 11 is 6.04. The molecule has 0 saturated heterocycles. The number of alkyl halides is 1. The molecular weight excluding hydrogens is 232 g/mol. The second-order valence-corrected chi connectivity index (χ2v) is 7.60. The molecule has 15 heavy (non-hydrogen) atoms. The molecule has 1 aliphatic rings. The van der Waals surface area contributed by atoms with Crippen molar-refractivity contribution in [1.82, 2.24) is 0 Å². The predicted octanol–water partition coefficient (Wildman–Crippen LogP) is 2.77. The van der Waals surface area contributed by atoms with Gasteiger partial charge in [-0.15, -0.1) is 11.6 Å². The second kappa shape index (κ2) is 4.88. The maximum absolute atomic E-state index is 12.0. The van der Waals surface area contributed by atoms with Crippen LogP contribution >= 0.6 is 11.6 Å². The molecule has 88 valence electrons. The average Bonchev–Trinajstić information content (AvgIpc) is 2.07. The molecule has 0 amide bonds. The zero-order chi connectivity index (χ0) is 11.6. The first-order valence-corrected chi connectivity index (χ1v) is 7.51. The summed E-state index contributed by atoms with van der Waals surface area (Å²) in [6.45, 7) is 7.70. The second-order valence-electron chi connectivity index (χ2n) is 4.75. The minimum Gasteiger partial charge on any atom is -0.229 e. The van der Waals surface area contributed by atoms with E-state index < -0.39 is 9.84 Å². The highest BCUT2D eigenvalue weighted by Crippen LogP contribution is 2.31. The third kappa shape index (κ3) is 3.49. The molecule has 0 radical (unpaired) electrons. The highest BCUT2D eigenvalue weighted by atomic mass is 35.5. The number of sulfone groups is 1. The Kier molecular flexibility index (Phi) is 4.24. The summed E-state index contributed by atoms with van der Waals surface area (Å²) in [4.78, 5) is 0. The summed E-state index contributed by atoms with van der Waals surface area (Å²) in [5.74, 6) is 0.460. The van der Waals surface area contributed by atoms with Gasteiger partial charge in [-0.2, -0.15) is 0 Å². The summed E-state index contributed by atoms with van der Waals surface area (Å²) in [5, 5.41) is -0.418. The Hall–Kier alpha value is -0.0200. The third-order valence-corrected chi connectivity index (χ3v) is 5.84. The van der Waals surface area contributed by atoms with Crippen LogP contribution in [0.4, 0.5) is 0 Å². The van der Waals surface area contributed by atoms with Crippen LogP contribution in [0.2, 0.25) is 0 Å². The van der Waals surface area contributed by atoms with E-state index in [4.69, 9.17) is 11.6 Å². The summed E-state index contributed by atoms with van der Waals surface area (Å²) in [6.07, 6.45) is 1.97. The molecule has 0 aromatic rings. The zero-order valence-electron chi connectivity index (χ0n) is 9.37. The Morgan fingerprint density at radius 2 is 2.13 bits per heavy atom. The fourth-order valence-electron chi connectivity index (χ4n) is 1.95. The first kappa shape index (κ1) is 13.0. The lowest BCUT2D eigenvalue weighted by molar-refractivity contribution is 0.531. The highest BCUT2D eigenvalue weighted by Gasteiger charge is 2.32. The van der Waals surface area contributed by atoms with Crippen molar-refractivity contribution >= 4 is 21.4 Å². The number of hydrogen-bond donors (Lipinski definition) is 0. The topological polar surface area (TPSA) is 34.1 Å².